The van der Waals surface area contributed by atoms with Gasteiger partial charge in [0, 0.05) is 21.6 Å². The molecule has 0 aliphatic heterocycles. The first kappa shape index (κ1) is 16.4. The van der Waals surface area contributed by atoms with E-state index in [9.17, 15) is 9.90 Å². The topological polar surface area (TPSA) is 55.8 Å². The van der Waals surface area contributed by atoms with Crippen LogP contribution in [-0.2, 0) is 0 Å². The smallest absolute Gasteiger partial charge is 0.200 e. The van der Waals surface area contributed by atoms with Gasteiger partial charge in [-0.05, 0) is 40.8 Å². The molecule has 0 spiro atoms. The van der Waals surface area contributed by atoms with Crippen LogP contribution >= 0.6 is 11.3 Å². The van der Waals surface area contributed by atoms with E-state index in [1.165, 1.54) is 14.2 Å². The molecule has 5 heteroatoms. The van der Waals surface area contributed by atoms with E-state index < -0.39 is 0 Å². The minimum atomic E-state index is -0.0341. The van der Waals surface area contributed by atoms with E-state index in [-0.39, 0.29) is 11.5 Å². The van der Waals surface area contributed by atoms with Crippen molar-refractivity contribution in [3.63, 3.8) is 0 Å². The molecule has 0 radical (unpaired) electrons. The van der Waals surface area contributed by atoms with E-state index in [0.717, 1.165) is 27.1 Å². The van der Waals surface area contributed by atoms with E-state index in [1.807, 2.05) is 41.8 Å². The molecule has 0 bridgehead atoms. The Morgan fingerprint density at radius 2 is 1.62 bits per heavy atom. The number of benzene rings is 2. The van der Waals surface area contributed by atoms with Crippen LogP contribution in [0, 0.1) is 0 Å². The molecule has 0 saturated carbocycles. The van der Waals surface area contributed by atoms with E-state index in [0.29, 0.717) is 17.1 Å². The summed E-state index contributed by atoms with van der Waals surface area (Å²) in [5, 5.41) is 12.1. The molecule has 0 saturated heterocycles. The second-order valence-corrected chi connectivity index (χ2v) is 6.79. The molecular formula is C21H16O4S. The van der Waals surface area contributed by atoms with Gasteiger partial charge in [-0.25, -0.2) is 0 Å². The molecule has 130 valence electrons. The van der Waals surface area contributed by atoms with E-state index >= 15 is 0 Å². The van der Waals surface area contributed by atoms with Crippen molar-refractivity contribution >= 4 is 28.8 Å². The van der Waals surface area contributed by atoms with Crippen LogP contribution < -0.4 is 9.47 Å². The molecule has 1 N–H and O–H groups in total. The lowest BCUT2D eigenvalue weighted by Crippen LogP contribution is -2.11. The highest BCUT2D eigenvalue weighted by Crippen LogP contribution is 2.42. The molecular weight excluding hydrogens is 348 g/mol. The van der Waals surface area contributed by atoms with Gasteiger partial charge < -0.3 is 14.6 Å². The van der Waals surface area contributed by atoms with Crippen molar-refractivity contribution in [2.75, 3.05) is 14.2 Å². The Kier molecular flexibility index (Phi) is 4.01. The number of carbonyl (C=O) groups is 1. The zero-order chi connectivity index (χ0) is 18.3. The maximum absolute atomic E-state index is 12.7. The number of rotatable bonds is 3. The summed E-state index contributed by atoms with van der Waals surface area (Å²) in [5.41, 5.74) is 4.11. The van der Waals surface area contributed by atoms with Crippen molar-refractivity contribution in [2.45, 2.75) is 0 Å². The van der Waals surface area contributed by atoms with Crippen molar-refractivity contribution in [3.8, 4) is 17.2 Å². The summed E-state index contributed by atoms with van der Waals surface area (Å²) in [5.74, 6) is 0.689. The number of fused-ring (bicyclic) bond motifs is 2. The van der Waals surface area contributed by atoms with Crippen LogP contribution in [0.25, 0.3) is 11.6 Å². The molecule has 26 heavy (non-hydrogen) atoms. The first-order valence-electron chi connectivity index (χ1n) is 8.02. The molecule has 0 atom stereocenters. The van der Waals surface area contributed by atoms with E-state index in [4.69, 9.17) is 9.47 Å². The fourth-order valence-electron chi connectivity index (χ4n) is 3.19. The lowest BCUT2D eigenvalue weighted by atomic mass is 9.85. The highest BCUT2D eigenvalue weighted by molar-refractivity contribution is 7.11. The maximum atomic E-state index is 12.7. The first-order valence-corrected chi connectivity index (χ1v) is 8.90. The summed E-state index contributed by atoms with van der Waals surface area (Å²) in [4.78, 5) is 13.7. The summed E-state index contributed by atoms with van der Waals surface area (Å²) < 4.78 is 10.5. The largest absolute Gasteiger partial charge is 0.502 e. The van der Waals surface area contributed by atoms with Gasteiger partial charge in [-0.15, -0.1) is 11.3 Å². The molecule has 0 unspecified atom stereocenters. The number of phenolic OH excluding ortho intramolecular Hbond substituents is 1. The van der Waals surface area contributed by atoms with E-state index in [2.05, 4.69) is 0 Å². The van der Waals surface area contributed by atoms with Gasteiger partial charge in [0.25, 0.3) is 0 Å². The normalized spacial score (nSPS) is 14.1. The number of methoxy groups -OCH3 is 2. The number of phenols is 1. The van der Waals surface area contributed by atoms with Gasteiger partial charge in [-0.1, -0.05) is 24.3 Å². The van der Waals surface area contributed by atoms with Crippen molar-refractivity contribution in [1.82, 2.24) is 0 Å². The Morgan fingerprint density at radius 1 is 0.962 bits per heavy atom. The number of aromatic hydroxyl groups is 1. The third kappa shape index (κ3) is 2.48. The average molecular weight is 364 g/mol. The highest BCUT2D eigenvalue weighted by Gasteiger charge is 2.27. The molecule has 2 aromatic carbocycles. The molecule has 1 aromatic heterocycles. The fraction of sp³-hybridized carbons (Fsp3) is 0.0952. The van der Waals surface area contributed by atoms with Crippen LogP contribution in [0.3, 0.4) is 0 Å². The number of hydrogen-bond acceptors (Lipinski definition) is 5. The Bertz CT molecular complexity index is 1020. The molecule has 4 rings (SSSR count). The van der Waals surface area contributed by atoms with Gasteiger partial charge in [0.15, 0.2) is 17.3 Å². The first-order chi connectivity index (χ1) is 12.6. The standard InChI is InChI=1S/C21H16O4S/c1-24-17-10-12(11-18(25-2)20(17)23)9-16-13-5-3-4-6-14(13)19(22)15-7-8-26-21(15)16/h3-11,23H,1-2H3/b16-9-. The summed E-state index contributed by atoms with van der Waals surface area (Å²) >= 11 is 1.54. The second-order valence-electron chi connectivity index (χ2n) is 5.87. The van der Waals surface area contributed by atoms with Crippen LogP contribution in [0.2, 0.25) is 0 Å². The van der Waals surface area contributed by atoms with Gasteiger partial charge in [0.1, 0.15) is 0 Å². The summed E-state index contributed by atoms with van der Waals surface area (Å²) in [6.45, 7) is 0. The lowest BCUT2D eigenvalue weighted by molar-refractivity contribution is 0.103. The minimum Gasteiger partial charge on any atom is -0.502 e. The Labute approximate surface area is 154 Å². The monoisotopic (exact) mass is 364 g/mol. The van der Waals surface area contributed by atoms with Gasteiger partial charge in [0.05, 0.1) is 14.2 Å². The molecule has 1 heterocycles. The summed E-state index contributed by atoms with van der Waals surface area (Å²) in [7, 11) is 2.99. The Morgan fingerprint density at radius 3 is 2.27 bits per heavy atom. The third-order valence-corrected chi connectivity index (χ3v) is 5.38. The molecule has 0 fully saturated rings. The average Bonchev–Trinajstić information content (AvgIpc) is 3.16. The van der Waals surface area contributed by atoms with Crippen molar-refractivity contribution < 1.29 is 19.4 Å². The van der Waals surface area contributed by atoms with E-state index in [1.54, 1.807) is 23.5 Å². The number of hydrogen-bond donors (Lipinski definition) is 1. The number of thiophene rings is 1. The van der Waals surface area contributed by atoms with Crippen LogP contribution in [0.5, 0.6) is 17.2 Å². The number of ketones is 1. The third-order valence-electron chi connectivity index (χ3n) is 4.43. The SMILES string of the molecule is COc1cc(/C=C2/c3ccccc3C(=O)c3ccsc32)cc(OC)c1O. The van der Waals surface area contributed by atoms with Crippen LogP contribution in [-0.4, -0.2) is 25.1 Å². The zero-order valence-electron chi connectivity index (χ0n) is 14.3. The fourth-order valence-corrected chi connectivity index (χ4v) is 4.11. The van der Waals surface area contributed by atoms with Gasteiger partial charge in [0.2, 0.25) is 5.75 Å². The van der Waals surface area contributed by atoms with Gasteiger partial charge in [-0.2, -0.15) is 0 Å². The van der Waals surface area contributed by atoms with Crippen LogP contribution in [0.15, 0.2) is 47.8 Å². The Balaban J connectivity index is 1.95. The number of ether oxygens (including phenoxy) is 2. The maximum Gasteiger partial charge on any atom is 0.200 e. The lowest BCUT2D eigenvalue weighted by Gasteiger charge is -2.19. The minimum absolute atomic E-state index is 0.0341. The molecule has 1 aliphatic rings. The predicted molar refractivity (Wildman–Crippen MR) is 102 cm³/mol. The number of carbonyl (C=O) groups excluding carboxylic acids is 1. The van der Waals surface area contributed by atoms with Crippen molar-refractivity contribution in [2.24, 2.45) is 0 Å². The predicted octanol–water partition coefficient (Wildman–Crippen LogP) is 4.60. The molecule has 3 aromatic rings. The molecule has 0 amide bonds. The molecule has 1 aliphatic carbocycles. The van der Waals surface area contributed by atoms with Crippen molar-refractivity contribution in [1.29, 1.82) is 0 Å². The molecule has 4 nitrogen and oxygen atoms in total. The highest BCUT2D eigenvalue weighted by atomic mass is 32.1. The second kappa shape index (κ2) is 6.35. The summed E-state index contributed by atoms with van der Waals surface area (Å²) in [6, 6.07) is 13.0. The van der Waals surface area contributed by atoms with Gasteiger partial charge in [-0.3, -0.25) is 4.79 Å². The summed E-state index contributed by atoms with van der Waals surface area (Å²) in [6.07, 6.45) is 1.99. The Hall–Kier alpha value is -3.05. The van der Waals surface area contributed by atoms with Gasteiger partial charge >= 0.3 is 0 Å². The quantitative estimate of drug-likeness (QED) is 0.577. The zero-order valence-corrected chi connectivity index (χ0v) is 15.1. The van der Waals surface area contributed by atoms with Crippen molar-refractivity contribution in [3.05, 3.63) is 75.0 Å². The van der Waals surface area contributed by atoms with Crippen LogP contribution in [0.4, 0.5) is 0 Å². The van der Waals surface area contributed by atoms with Crippen LogP contribution in [0.1, 0.15) is 31.9 Å².